The van der Waals surface area contributed by atoms with E-state index in [9.17, 15) is 5.11 Å². The van der Waals surface area contributed by atoms with Crippen LogP contribution in [0.25, 0.3) is 0 Å². The molecule has 2 aromatic carbocycles. The highest BCUT2D eigenvalue weighted by atomic mass is 16.6. The summed E-state index contributed by atoms with van der Waals surface area (Å²) in [7, 11) is 0. The molecule has 92 valence electrons. The molecule has 0 spiro atoms. The molecule has 2 aromatic rings. The summed E-state index contributed by atoms with van der Waals surface area (Å²) in [5.74, 6) is 0. The Morgan fingerprint density at radius 2 is 1.61 bits per heavy atom. The zero-order valence-electron chi connectivity index (χ0n) is 9.94. The summed E-state index contributed by atoms with van der Waals surface area (Å²) in [5.41, 5.74) is 1.87. The topological polar surface area (TPSA) is 41.8 Å². The summed E-state index contributed by atoms with van der Waals surface area (Å²) in [4.78, 5) is 5.30. The summed E-state index contributed by atoms with van der Waals surface area (Å²) in [5, 5.41) is 13.2. The van der Waals surface area contributed by atoms with Gasteiger partial charge in [-0.15, -0.1) is 0 Å². The highest BCUT2D eigenvalue weighted by molar-refractivity contribution is 5.78. The van der Waals surface area contributed by atoms with Gasteiger partial charge in [0.15, 0.2) is 6.10 Å². The van der Waals surface area contributed by atoms with Gasteiger partial charge in [0.2, 0.25) is 0 Å². The highest BCUT2D eigenvalue weighted by Crippen LogP contribution is 2.16. The van der Waals surface area contributed by atoms with E-state index in [1.54, 1.807) is 6.21 Å². The lowest BCUT2D eigenvalue weighted by atomic mass is 10.1. The molecule has 18 heavy (non-hydrogen) atoms. The van der Waals surface area contributed by atoms with Gasteiger partial charge < -0.3 is 9.94 Å². The summed E-state index contributed by atoms with van der Waals surface area (Å²) in [6.07, 6.45) is 1.21. The van der Waals surface area contributed by atoms with Gasteiger partial charge in [-0.2, -0.15) is 0 Å². The van der Waals surface area contributed by atoms with Crippen LogP contribution in [0.2, 0.25) is 0 Å². The fourth-order valence-corrected chi connectivity index (χ4v) is 1.57. The molecule has 0 radical (unpaired) electrons. The van der Waals surface area contributed by atoms with Crippen molar-refractivity contribution in [3.8, 4) is 0 Å². The summed E-state index contributed by atoms with van der Waals surface area (Å²) in [6.45, 7) is -0.101. The molecule has 0 heterocycles. The van der Waals surface area contributed by atoms with Crippen molar-refractivity contribution in [1.82, 2.24) is 0 Å². The zero-order chi connectivity index (χ0) is 12.6. The zero-order valence-corrected chi connectivity index (χ0v) is 9.94. The molecular formula is C15H15NO2. The van der Waals surface area contributed by atoms with E-state index in [0.29, 0.717) is 0 Å². The maximum Gasteiger partial charge on any atom is 0.175 e. The second-order valence-electron chi connectivity index (χ2n) is 3.83. The lowest BCUT2D eigenvalue weighted by Gasteiger charge is -2.11. The van der Waals surface area contributed by atoms with Gasteiger partial charge in [0.05, 0.1) is 12.8 Å². The van der Waals surface area contributed by atoms with E-state index in [-0.39, 0.29) is 6.61 Å². The Labute approximate surface area is 106 Å². The normalized spacial score (nSPS) is 12.5. The maximum atomic E-state index is 9.28. The molecule has 0 bridgehead atoms. The second-order valence-corrected chi connectivity index (χ2v) is 3.83. The molecule has 0 aliphatic rings. The van der Waals surface area contributed by atoms with Crippen molar-refractivity contribution in [1.29, 1.82) is 0 Å². The lowest BCUT2D eigenvalue weighted by Crippen LogP contribution is -2.05. The number of benzene rings is 2. The van der Waals surface area contributed by atoms with Gasteiger partial charge in [0.25, 0.3) is 0 Å². The molecular weight excluding hydrogens is 226 g/mol. The van der Waals surface area contributed by atoms with Crippen LogP contribution in [-0.4, -0.2) is 17.9 Å². The monoisotopic (exact) mass is 241 g/mol. The predicted molar refractivity (Wildman–Crippen MR) is 71.4 cm³/mol. The molecule has 0 fully saturated rings. The number of rotatable bonds is 5. The molecule has 0 aromatic heterocycles. The van der Waals surface area contributed by atoms with Crippen LogP contribution in [0.1, 0.15) is 17.2 Å². The van der Waals surface area contributed by atoms with Crippen LogP contribution < -0.4 is 0 Å². The van der Waals surface area contributed by atoms with E-state index in [4.69, 9.17) is 4.84 Å². The Morgan fingerprint density at radius 3 is 2.22 bits per heavy atom. The first-order valence-corrected chi connectivity index (χ1v) is 5.80. The molecule has 0 aliphatic heterocycles. The molecule has 2 rings (SSSR count). The average Bonchev–Trinajstić information content (AvgIpc) is 2.46. The SMILES string of the molecule is OC[C@@H](O/N=C/c1ccccc1)c1ccccc1. The quantitative estimate of drug-likeness (QED) is 0.646. The van der Waals surface area contributed by atoms with E-state index in [1.807, 2.05) is 60.7 Å². The van der Waals surface area contributed by atoms with Gasteiger partial charge in [-0.05, 0) is 11.1 Å². The van der Waals surface area contributed by atoms with Gasteiger partial charge in [0, 0.05) is 0 Å². The van der Waals surface area contributed by atoms with Crippen molar-refractivity contribution in [2.24, 2.45) is 5.16 Å². The van der Waals surface area contributed by atoms with Crippen molar-refractivity contribution >= 4 is 6.21 Å². The first-order valence-electron chi connectivity index (χ1n) is 5.80. The number of hydrogen-bond acceptors (Lipinski definition) is 3. The van der Waals surface area contributed by atoms with Crippen molar-refractivity contribution in [3.05, 3.63) is 71.8 Å². The number of aliphatic hydroxyl groups is 1. The number of oxime groups is 1. The minimum atomic E-state index is -0.425. The molecule has 0 saturated heterocycles. The van der Waals surface area contributed by atoms with Crippen molar-refractivity contribution in [3.63, 3.8) is 0 Å². The van der Waals surface area contributed by atoms with Crippen molar-refractivity contribution in [2.45, 2.75) is 6.10 Å². The van der Waals surface area contributed by atoms with Gasteiger partial charge in [0.1, 0.15) is 0 Å². The minimum absolute atomic E-state index is 0.101. The third kappa shape index (κ3) is 3.43. The predicted octanol–water partition coefficient (Wildman–Crippen LogP) is 2.77. The second kappa shape index (κ2) is 6.57. The molecule has 1 N–H and O–H groups in total. The van der Waals surface area contributed by atoms with Crippen LogP contribution in [0.5, 0.6) is 0 Å². The van der Waals surface area contributed by atoms with E-state index in [1.165, 1.54) is 0 Å². The van der Waals surface area contributed by atoms with Crippen LogP contribution >= 0.6 is 0 Å². The van der Waals surface area contributed by atoms with Gasteiger partial charge in [-0.25, -0.2) is 0 Å². The molecule has 0 saturated carbocycles. The van der Waals surface area contributed by atoms with Crippen LogP contribution in [0, 0.1) is 0 Å². The van der Waals surface area contributed by atoms with Crippen molar-refractivity contribution in [2.75, 3.05) is 6.61 Å². The van der Waals surface area contributed by atoms with E-state index >= 15 is 0 Å². The third-order valence-electron chi connectivity index (χ3n) is 2.53. The average molecular weight is 241 g/mol. The smallest absolute Gasteiger partial charge is 0.175 e. The Hall–Kier alpha value is -2.13. The van der Waals surface area contributed by atoms with E-state index in [0.717, 1.165) is 11.1 Å². The van der Waals surface area contributed by atoms with Crippen LogP contribution in [0.4, 0.5) is 0 Å². The largest absolute Gasteiger partial charge is 0.392 e. The number of hydrogen-bond donors (Lipinski definition) is 1. The summed E-state index contributed by atoms with van der Waals surface area (Å²) < 4.78 is 0. The maximum absolute atomic E-state index is 9.28. The molecule has 3 heteroatoms. The Morgan fingerprint density at radius 1 is 1.00 bits per heavy atom. The van der Waals surface area contributed by atoms with Crippen LogP contribution in [0.3, 0.4) is 0 Å². The van der Waals surface area contributed by atoms with Gasteiger partial charge in [-0.1, -0.05) is 65.8 Å². The Kier molecular flexibility index (Phi) is 4.50. The molecule has 3 nitrogen and oxygen atoms in total. The van der Waals surface area contributed by atoms with Crippen LogP contribution in [0.15, 0.2) is 65.8 Å². The van der Waals surface area contributed by atoms with Gasteiger partial charge >= 0.3 is 0 Å². The van der Waals surface area contributed by atoms with Gasteiger partial charge in [-0.3, -0.25) is 0 Å². The molecule has 0 aliphatic carbocycles. The molecule has 0 amide bonds. The standard InChI is InChI=1S/C15H15NO2/c17-12-15(14-9-5-2-6-10-14)18-16-11-13-7-3-1-4-8-13/h1-11,15,17H,12H2/b16-11+/t15-/m1/s1. The van der Waals surface area contributed by atoms with Crippen LogP contribution in [-0.2, 0) is 4.84 Å². The Bertz CT molecular complexity index is 482. The lowest BCUT2D eigenvalue weighted by molar-refractivity contribution is 0.0163. The minimum Gasteiger partial charge on any atom is -0.392 e. The van der Waals surface area contributed by atoms with E-state index in [2.05, 4.69) is 5.16 Å². The first kappa shape index (κ1) is 12.3. The van der Waals surface area contributed by atoms with Crippen molar-refractivity contribution < 1.29 is 9.94 Å². The fourth-order valence-electron chi connectivity index (χ4n) is 1.57. The Balaban J connectivity index is 1.98. The molecule has 0 unspecified atom stereocenters. The highest BCUT2D eigenvalue weighted by Gasteiger charge is 2.09. The fraction of sp³-hybridized carbons (Fsp3) is 0.133. The summed E-state index contributed by atoms with van der Waals surface area (Å²) >= 11 is 0. The summed E-state index contributed by atoms with van der Waals surface area (Å²) in [6, 6.07) is 19.2. The van der Waals surface area contributed by atoms with E-state index < -0.39 is 6.10 Å². The number of nitrogens with zero attached hydrogens (tertiary/aromatic N) is 1. The third-order valence-corrected chi connectivity index (χ3v) is 2.53. The molecule has 1 atom stereocenters. The number of aliphatic hydroxyl groups excluding tert-OH is 1. The first-order chi connectivity index (χ1) is 8.90.